The third-order valence-electron chi connectivity index (χ3n) is 1.81. The van der Waals surface area contributed by atoms with Gasteiger partial charge in [-0.05, 0) is 19.1 Å². The minimum atomic E-state index is -0.962. The monoisotopic (exact) mass is 213 g/mol. The topological polar surface area (TPSA) is 35.2 Å². The van der Waals surface area contributed by atoms with E-state index in [1.165, 1.54) is 18.2 Å². The largest absolute Gasteiger partial charge is 0.491 e. The van der Waals surface area contributed by atoms with Crippen molar-refractivity contribution in [1.82, 2.24) is 0 Å². The van der Waals surface area contributed by atoms with Gasteiger partial charge in [-0.25, -0.2) is 4.39 Å². The number of ether oxygens (including phenoxy) is 1. The highest BCUT2D eigenvalue weighted by atomic mass is 19.2. The Morgan fingerprint density at radius 2 is 2.07 bits per heavy atom. The molecule has 15 heavy (non-hydrogen) atoms. The first kappa shape index (κ1) is 11.7. The van der Waals surface area contributed by atoms with Crippen LogP contribution in [0.5, 0.6) is 5.75 Å². The highest BCUT2D eigenvalue weighted by Gasteiger charge is 2.12. The van der Waals surface area contributed by atoms with Crippen molar-refractivity contribution in [3.05, 3.63) is 35.4 Å². The predicted molar refractivity (Wildman–Crippen MR) is 55.6 cm³/mol. The van der Waals surface area contributed by atoms with Crippen molar-refractivity contribution in [2.75, 3.05) is 13.2 Å². The molecule has 82 valence electrons. The van der Waals surface area contributed by atoms with Gasteiger partial charge >= 0.3 is 0 Å². The summed E-state index contributed by atoms with van der Waals surface area (Å²) in [7, 11) is 0. The lowest BCUT2D eigenvalue weighted by atomic mass is 10.2. The molecule has 0 aliphatic rings. The van der Waals surface area contributed by atoms with Gasteiger partial charge in [-0.15, -0.1) is 0 Å². The summed E-state index contributed by atoms with van der Waals surface area (Å²) < 4.78 is 31.6. The average molecular weight is 213 g/mol. The molecule has 0 aliphatic carbocycles. The third-order valence-corrected chi connectivity index (χ3v) is 1.81. The van der Waals surface area contributed by atoms with Crippen LogP contribution in [0.1, 0.15) is 12.5 Å². The Morgan fingerprint density at radius 3 is 2.67 bits per heavy atom. The van der Waals surface area contributed by atoms with Crippen LogP contribution in [-0.4, -0.2) is 13.2 Å². The first-order valence-electron chi connectivity index (χ1n) is 4.68. The first-order chi connectivity index (χ1) is 7.20. The minimum absolute atomic E-state index is 0.0695. The van der Waals surface area contributed by atoms with E-state index in [-0.39, 0.29) is 17.9 Å². The van der Waals surface area contributed by atoms with Crippen molar-refractivity contribution in [3.8, 4) is 5.75 Å². The van der Waals surface area contributed by atoms with E-state index in [1.54, 1.807) is 13.0 Å². The summed E-state index contributed by atoms with van der Waals surface area (Å²) in [6.45, 7) is 2.29. The number of hydrogen-bond donors (Lipinski definition) is 1. The van der Waals surface area contributed by atoms with Crippen LogP contribution in [0.2, 0.25) is 0 Å². The van der Waals surface area contributed by atoms with Crippen LogP contribution in [-0.2, 0) is 0 Å². The molecule has 2 N–H and O–H groups in total. The maximum Gasteiger partial charge on any atom is 0.201 e. The van der Waals surface area contributed by atoms with Crippen molar-refractivity contribution in [2.24, 2.45) is 5.73 Å². The number of nitrogens with two attached hydrogens (primary N) is 1. The summed E-state index contributed by atoms with van der Waals surface area (Å²) in [6, 6.07) is 2.85. The summed E-state index contributed by atoms with van der Waals surface area (Å²) in [6.07, 6.45) is 2.99. The van der Waals surface area contributed by atoms with Crippen LogP contribution in [0.25, 0.3) is 6.08 Å². The lowest BCUT2D eigenvalue weighted by Gasteiger charge is -2.06. The van der Waals surface area contributed by atoms with Crippen LogP contribution >= 0.6 is 0 Å². The molecule has 0 unspecified atom stereocenters. The molecule has 0 fully saturated rings. The average Bonchev–Trinajstić information content (AvgIpc) is 2.24. The standard InChI is InChI=1S/C11H13F2NO/c1-2-15-9-6-5-8(4-3-7-14)10(12)11(9)13/h3-6H,2,7,14H2,1H3/b4-3+. The normalized spacial score (nSPS) is 10.9. The Labute approximate surface area is 87.4 Å². The Kier molecular flexibility index (Phi) is 4.24. The Bertz CT molecular complexity index is 364. The van der Waals surface area contributed by atoms with Gasteiger partial charge in [0.05, 0.1) is 6.61 Å². The zero-order valence-corrected chi connectivity index (χ0v) is 8.47. The summed E-state index contributed by atoms with van der Waals surface area (Å²) in [5, 5.41) is 0. The van der Waals surface area contributed by atoms with Gasteiger partial charge in [0.15, 0.2) is 11.6 Å². The van der Waals surface area contributed by atoms with Crippen molar-refractivity contribution in [3.63, 3.8) is 0 Å². The quantitative estimate of drug-likeness (QED) is 0.833. The molecule has 4 heteroatoms. The van der Waals surface area contributed by atoms with Crippen LogP contribution in [0, 0.1) is 11.6 Å². The molecule has 1 aromatic rings. The van der Waals surface area contributed by atoms with Gasteiger partial charge < -0.3 is 10.5 Å². The molecule has 0 atom stereocenters. The SMILES string of the molecule is CCOc1ccc(/C=C/CN)c(F)c1F. The number of benzene rings is 1. The molecular formula is C11H13F2NO. The lowest BCUT2D eigenvalue weighted by Crippen LogP contribution is -1.99. The third kappa shape index (κ3) is 2.76. The molecule has 0 heterocycles. The molecule has 0 amide bonds. The fourth-order valence-electron chi connectivity index (χ4n) is 1.14. The van der Waals surface area contributed by atoms with E-state index in [0.29, 0.717) is 6.61 Å². The molecule has 0 aromatic heterocycles. The van der Waals surface area contributed by atoms with Gasteiger partial charge in [-0.3, -0.25) is 0 Å². The van der Waals surface area contributed by atoms with Gasteiger partial charge in [-0.2, -0.15) is 4.39 Å². The van der Waals surface area contributed by atoms with Crippen LogP contribution < -0.4 is 10.5 Å². The maximum atomic E-state index is 13.4. The number of rotatable bonds is 4. The highest BCUT2D eigenvalue weighted by Crippen LogP contribution is 2.23. The molecule has 0 aliphatic heterocycles. The summed E-state index contributed by atoms with van der Waals surface area (Å²) >= 11 is 0. The van der Waals surface area contributed by atoms with Crippen molar-refractivity contribution >= 4 is 6.08 Å². The van der Waals surface area contributed by atoms with Crippen LogP contribution in [0.15, 0.2) is 18.2 Å². The van der Waals surface area contributed by atoms with Gasteiger partial charge in [0.25, 0.3) is 0 Å². The smallest absolute Gasteiger partial charge is 0.201 e. The maximum absolute atomic E-state index is 13.4. The molecule has 0 radical (unpaired) electrons. The molecule has 0 saturated carbocycles. The second-order valence-electron chi connectivity index (χ2n) is 2.85. The zero-order chi connectivity index (χ0) is 11.3. The van der Waals surface area contributed by atoms with Gasteiger partial charge in [-0.1, -0.05) is 12.2 Å². The summed E-state index contributed by atoms with van der Waals surface area (Å²) in [4.78, 5) is 0. The van der Waals surface area contributed by atoms with E-state index >= 15 is 0 Å². The second kappa shape index (κ2) is 5.46. The van der Waals surface area contributed by atoms with Crippen LogP contribution in [0.3, 0.4) is 0 Å². The fourth-order valence-corrected chi connectivity index (χ4v) is 1.14. The summed E-state index contributed by atoms with van der Waals surface area (Å²) in [5.74, 6) is -1.94. The Hall–Kier alpha value is -1.42. The van der Waals surface area contributed by atoms with Crippen molar-refractivity contribution in [2.45, 2.75) is 6.92 Å². The van der Waals surface area contributed by atoms with E-state index in [4.69, 9.17) is 10.5 Å². The highest BCUT2D eigenvalue weighted by molar-refractivity contribution is 5.52. The van der Waals surface area contributed by atoms with Crippen LogP contribution in [0.4, 0.5) is 8.78 Å². The van der Waals surface area contributed by atoms with E-state index in [1.807, 2.05) is 0 Å². The second-order valence-corrected chi connectivity index (χ2v) is 2.85. The number of halogens is 2. The molecule has 1 aromatic carbocycles. The van der Waals surface area contributed by atoms with E-state index in [2.05, 4.69) is 0 Å². The first-order valence-corrected chi connectivity index (χ1v) is 4.68. The molecule has 0 spiro atoms. The van der Waals surface area contributed by atoms with Gasteiger partial charge in [0.2, 0.25) is 5.82 Å². The Balaban J connectivity index is 3.04. The molecular weight excluding hydrogens is 200 g/mol. The minimum Gasteiger partial charge on any atom is -0.491 e. The zero-order valence-electron chi connectivity index (χ0n) is 8.47. The molecule has 1 rings (SSSR count). The predicted octanol–water partition coefficient (Wildman–Crippen LogP) is 2.34. The molecule has 0 bridgehead atoms. The molecule has 0 saturated heterocycles. The number of hydrogen-bond acceptors (Lipinski definition) is 2. The fraction of sp³-hybridized carbons (Fsp3) is 0.273. The van der Waals surface area contributed by atoms with Gasteiger partial charge in [0.1, 0.15) is 0 Å². The van der Waals surface area contributed by atoms with Crippen molar-refractivity contribution in [1.29, 1.82) is 0 Å². The van der Waals surface area contributed by atoms with Crippen molar-refractivity contribution < 1.29 is 13.5 Å². The van der Waals surface area contributed by atoms with Gasteiger partial charge in [0, 0.05) is 12.1 Å². The van der Waals surface area contributed by atoms with E-state index in [0.717, 1.165) is 0 Å². The summed E-state index contributed by atoms with van der Waals surface area (Å²) in [5.41, 5.74) is 5.38. The lowest BCUT2D eigenvalue weighted by molar-refractivity contribution is 0.314. The van der Waals surface area contributed by atoms with E-state index < -0.39 is 11.6 Å². The molecule has 2 nitrogen and oxygen atoms in total. The Morgan fingerprint density at radius 1 is 1.33 bits per heavy atom. The van der Waals surface area contributed by atoms with E-state index in [9.17, 15) is 8.78 Å².